The molecular weight excluding hydrogens is 367 g/mol. The number of nitrogens with one attached hydrogen (secondary N) is 1. The summed E-state index contributed by atoms with van der Waals surface area (Å²) >= 11 is 0. The Labute approximate surface area is 159 Å². The number of carbonyl (C=O) groups is 1. The molecule has 0 saturated heterocycles. The SMILES string of the molecule is Cc1cccc(NC2(C(F)(F)F)C(=O)c3ccccc3N2c2ccccn2)c1. The van der Waals surface area contributed by atoms with Crippen LogP contribution >= 0.6 is 0 Å². The molecule has 0 amide bonds. The number of para-hydroxylation sites is 1. The minimum absolute atomic E-state index is 0.00867. The fraction of sp³-hybridized carbons (Fsp3) is 0.143. The van der Waals surface area contributed by atoms with Crippen LogP contribution in [-0.4, -0.2) is 22.6 Å². The first-order chi connectivity index (χ1) is 13.3. The van der Waals surface area contributed by atoms with Gasteiger partial charge in [0.2, 0.25) is 5.78 Å². The summed E-state index contributed by atoms with van der Waals surface area (Å²) in [5, 5.41) is 2.49. The van der Waals surface area contributed by atoms with Crippen LogP contribution in [0.3, 0.4) is 0 Å². The number of aromatic nitrogens is 1. The quantitative estimate of drug-likeness (QED) is 0.684. The van der Waals surface area contributed by atoms with Gasteiger partial charge in [0.15, 0.2) is 0 Å². The van der Waals surface area contributed by atoms with E-state index in [9.17, 15) is 18.0 Å². The number of pyridine rings is 1. The third kappa shape index (κ3) is 2.62. The summed E-state index contributed by atoms with van der Waals surface area (Å²) in [5.41, 5.74) is -1.89. The third-order valence-corrected chi connectivity index (χ3v) is 4.69. The molecule has 0 spiro atoms. The summed E-state index contributed by atoms with van der Waals surface area (Å²) < 4.78 is 43.8. The molecule has 1 N–H and O–H groups in total. The number of rotatable bonds is 3. The Balaban J connectivity index is 1.98. The lowest BCUT2D eigenvalue weighted by Crippen LogP contribution is -2.65. The van der Waals surface area contributed by atoms with Crippen molar-refractivity contribution in [3.8, 4) is 0 Å². The Morgan fingerprint density at radius 3 is 2.43 bits per heavy atom. The molecule has 0 radical (unpaired) electrons. The van der Waals surface area contributed by atoms with Crippen LogP contribution in [0, 0.1) is 6.92 Å². The zero-order valence-electron chi connectivity index (χ0n) is 14.9. The number of hydrogen-bond donors (Lipinski definition) is 1. The standard InChI is InChI=1S/C21H16F3N3O/c1-14-7-6-8-15(13-14)26-20(21(22,23)24)19(28)16-9-2-3-10-17(16)27(20)18-11-4-5-12-25-18/h2-13,26H,1H3. The zero-order valence-corrected chi connectivity index (χ0v) is 14.9. The van der Waals surface area contributed by atoms with Gasteiger partial charge in [0.25, 0.3) is 5.66 Å². The fourth-order valence-electron chi connectivity index (χ4n) is 3.49. The van der Waals surface area contributed by atoms with E-state index >= 15 is 0 Å². The normalized spacial score (nSPS) is 18.9. The van der Waals surface area contributed by atoms with E-state index in [0.717, 1.165) is 10.5 Å². The van der Waals surface area contributed by atoms with E-state index in [-0.39, 0.29) is 22.8 Å². The van der Waals surface area contributed by atoms with Crippen LogP contribution in [0.5, 0.6) is 0 Å². The third-order valence-electron chi connectivity index (χ3n) is 4.69. The van der Waals surface area contributed by atoms with Gasteiger partial charge in [0, 0.05) is 17.4 Å². The van der Waals surface area contributed by atoms with Gasteiger partial charge in [0.1, 0.15) is 5.82 Å². The maximum absolute atomic E-state index is 14.6. The van der Waals surface area contributed by atoms with Gasteiger partial charge in [-0.3, -0.25) is 9.69 Å². The van der Waals surface area contributed by atoms with Crippen molar-refractivity contribution >= 4 is 23.0 Å². The number of ketones is 1. The van der Waals surface area contributed by atoms with Gasteiger partial charge in [-0.2, -0.15) is 13.2 Å². The molecule has 2 heterocycles. The molecule has 7 heteroatoms. The van der Waals surface area contributed by atoms with E-state index in [1.165, 1.54) is 30.5 Å². The van der Waals surface area contributed by atoms with Crippen LogP contribution in [-0.2, 0) is 0 Å². The lowest BCUT2D eigenvalue weighted by atomic mass is 10.00. The number of hydrogen-bond acceptors (Lipinski definition) is 4. The number of Topliss-reactive ketones (excluding diaryl/α,β-unsaturated/α-hetero) is 1. The van der Waals surface area contributed by atoms with Crippen molar-refractivity contribution in [3.05, 3.63) is 84.1 Å². The van der Waals surface area contributed by atoms with Gasteiger partial charge >= 0.3 is 6.18 Å². The summed E-state index contributed by atoms with van der Waals surface area (Å²) in [7, 11) is 0. The van der Waals surface area contributed by atoms with Crippen LogP contribution in [0.25, 0.3) is 0 Å². The highest BCUT2D eigenvalue weighted by atomic mass is 19.4. The van der Waals surface area contributed by atoms with E-state index in [1.54, 1.807) is 49.4 Å². The first-order valence-corrected chi connectivity index (χ1v) is 8.61. The van der Waals surface area contributed by atoms with Gasteiger partial charge in [-0.05, 0) is 48.9 Å². The molecular formula is C21H16F3N3O. The second kappa shape index (κ2) is 6.37. The first-order valence-electron chi connectivity index (χ1n) is 8.61. The van der Waals surface area contributed by atoms with Crippen LogP contribution in [0.2, 0.25) is 0 Å². The average Bonchev–Trinajstić information content (AvgIpc) is 2.92. The molecule has 4 rings (SSSR count). The van der Waals surface area contributed by atoms with Gasteiger partial charge in [-0.15, -0.1) is 0 Å². The average molecular weight is 383 g/mol. The monoisotopic (exact) mass is 383 g/mol. The maximum atomic E-state index is 14.6. The van der Waals surface area contributed by atoms with E-state index in [2.05, 4.69) is 10.3 Å². The summed E-state index contributed by atoms with van der Waals surface area (Å²) in [5.74, 6) is -1.04. The molecule has 1 aliphatic rings. The first kappa shape index (κ1) is 18.0. The number of aryl methyl sites for hydroxylation is 1. The Bertz CT molecular complexity index is 1040. The topological polar surface area (TPSA) is 45.2 Å². The Morgan fingerprint density at radius 2 is 1.75 bits per heavy atom. The number of anilines is 3. The van der Waals surface area contributed by atoms with Crippen molar-refractivity contribution in [1.29, 1.82) is 0 Å². The van der Waals surface area contributed by atoms with E-state index < -0.39 is 17.6 Å². The predicted molar refractivity (Wildman–Crippen MR) is 101 cm³/mol. The molecule has 1 unspecified atom stereocenters. The largest absolute Gasteiger partial charge is 0.438 e. The van der Waals surface area contributed by atoms with Crippen LogP contribution in [0.4, 0.5) is 30.4 Å². The molecule has 4 nitrogen and oxygen atoms in total. The van der Waals surface area contributed by atoms with Crippen molar-refractivity contribution in [1.82, 2.24) is 4.98 Å². The number of alkyl halides is 3. The number of benzene rings is 2. The Morgan fingerprint density at radius 1 is 1.00 bits per heavy atom. The molecule has 0 bridgehead atoms. The molecule has 142 valence electrons. The number of halogens is 3. The molecule has 2 aromatic carbocycles. The summed E-state index contributed by atoms with van der Waals surface area (Å²) in [6.07, 6.45) is -3.53. The van der Waals surface area contributed by atoms with E-state index in [4.69, 9.17) is 0 Å². The molecule has 0 fully saturated rings. The smallest absolute Gasteiger partial charge is 0.348 e. The lowest BCUT2D eigenvalue weighted by molar-refractivity contribution is -0.161. The van der Waals surface area contributed by atoms with Crippen LogP contribution in [0.1, 0.15) is 15.9 Å². The number of nitrogens with zero attached hydrogens (tertiary/aromatic N) is 2. The van der Waals surface area contributed by atoms with Crippen molar-refractivity contribution < 1.29 is 18.0 Å². The van der Waals surface area contributed by atoms with Crippen molar-refractivity contribution in [2.75, 3.05) is 10.2 Å². The minimum Gasteiger partial charge on any atom is -0.348 e. The summed E-state index contributed by atoms with van der Waals surface area (Å²) in [6.45, 7) is 1.77. The highest BCUT2D eigenvalue weighted by Crippen LogP contribution is 2.50. The molecule has 28 heavy (non-hydrogen) atoms. The summed E-state index contributed by atoms with van der Waals surface area (Å²) in [4.78, 5) is 18.2. The molecule has 1 aliphatic heterocycles. The van der Waals surface area contributed by atoms with Crippen molar-refractivity contribution in [3.63, 3.8) is 0 Å². The zero-order chi connectivity index (χ0) is 19.9. The lowest BCUT2D eigenvalue weighted by Gasteiger charge is -2.40. The maximum Gasteiger partial charge on any atom is 0.438 e. The van der Waals surface area contributed by atoms with Crippen LogP contribution in [0.15, 0.2) is 72.9 Å². The highest BCUT2D eigenvalue weighted by Gasteiger charge is 2.69. The molecule has 3 aromatic rings. The van der Waals surface area contributed by atoms with E-state index in [0.29, 0.717) is 0 Å². The van der Waals surface area contributed by atoms with Gasteiger partial charge in [0.05, 0.1) is 5.69 Å². The summed E-state index contributed by atoms with van der Waals surface area (Å²) in [6, 6.07) is 17.2. The number of carbonyl (C=O) groups excluding carboxylic acids is 1. The van der Waals surface area contributed by atoms with Gasteiger partial charge < -0.3 is 5.32 Å². The molecule has 1 aromatic heterocycles. The highest BCUT2D eigenvalue weighted by molar-refractivity contribution is 6.17. The second-order valence-electron chi connectivity index (χ2n) is 6.57. The predicted octanol–water partition coefficient (Wildman–Crippen LogP) is 5.10. The van der Waals surface area contributed by atoms with Crippen molar-refractivity contribution in [2.24, 2.45) is 0 Å². The van der Waals surface area contributed by atoms with Crippen molar-refractivity contribution in [2.45, 2.75) is 18.8 Å². The Hall–Kier alpha value is -3.35. The van der Waals surface area contributed by atoms with E-state index in [1.807, 2.05) is 0 Å². The van der Waals surface area contributed by atoms with Gasteiger partial charge in [-0.1, -0.05) is 30.3 Å². The number of fused-ring (bicyclic) bond motifs is 1. The molecule has 0 aliphatic carbocycles. The van der Waals surface area contributed by atoms with Crippen LogP contribution < -0.4 is 10.2 Å². The second-order valence-corrected chi connectivity index (χ2v) is 6.57. The molecule has 1 atom stereocenters. The fourth-order valence-corrected chi connectivity index (χ4v) is 3.49. The Kier molecular flexibility index (Phi) is 4.10. The van der Waals surface area contributed by atoms with Gasteiger partial charge in [-0.25, -0.2) is 4.98 Å². The minimum atomic E-state index is -4.93. The molecule has 0 saturated carbocycles.